The van der Waals surface area contributed by atoms with Crippen molar-refractivity contribution < 1.29 is 14.7 Å². The molecule has 5 nitrogen and oxygen atoms in total. The standard InChI is InChI=1S/C7H10N2O3/c1-9(4-2-3-8)6(10)5-7(11)12/h2,4-5H2,1H3,(H,11,12). The lowest BCUT2D eigenvalue weighted by molar-refractivity contribution is -0.143. The van der Waals surface area contributed by atoms with E-state index in [-0.39, 0.29) is 13.0 Å². The van der Waals surface area contributed by atoms with Crippen LogP contribution in [-0.4, -0.2) is 35.5 Å². The summed E-state index contributed by atoms with van der Waals surface area (Å²) in [5.74, 6) is -1.62. The van der Waals surface area contributed by atoms with E-state index >= 15 is 0 Å². The maximum Gasteiger partial charge on any atom is 0.312 e. The number of carbonyl (C=O) groups excluding carboxylic acids is 1. The Bertz CT molecular complexity index is 219. The number of nitriles is 1. The Morgan fingerprint density at radius 3 is 2.58 bits per heavy atom. The van der Waals surface area contributed by atoms with E-state index in [9.17, 15) is 9.59 Å². The van der Waals surface area contributed by atoms with Crippen molar-refractivity contribution >= 4 is 11.9 Å². The monoisotopic (exact) mass is 170 g/mol. The van der Waals surface area contributed by atoms with E-state index in [2.05, 4.69) is 0 Å². The molecule has 0 aromatic rings. The number of aliphatic carboxylic acids is 1. The van der Waals surface area contributed by atoms with Gasteiger partial charge in [0.1, 0.15) is 6.42 Å². The molecular weight excluding hydrogens is 160 g/mol. The molecule has 0 heterocycles. The number of nitrogens with zero attached hydrogens (tertiary/aromatic N) is 2. The van der Waals surface area contributed by atoms with Crippen molar-refractivity contribution in [3.63, 3.8) is 0 Å². The summed E-state index contributed by atoms with van der Waals surface area (Å²) in [6, 6.07) is 1.87. The van der Waals surface area contributed by atoms with Crippen LogP contribution in [0.15, 0.2) is 0 Å². The van der Waals surface area contributed by atoms with Crippen molar-refractivity contribution in [1.29, 1.82) is 5.26 Å². The van der Waals surface area contributed by atoms with Gasteiger partial charge in [0.15, 0.2) is 0 Å². The van der Waals surface area contributed by atoms with E-state index in [1.807, 2.05) is 6.07 Å². The molecule has 0 aromatic heterocycles. The minimum atomic E-state index is -1.15. The number of hydrogen-bond acceptors (Lipinski definition) is 3. The van der Waals surface area contributed by atoms with Crippen LogP contribution >= 0.6 is 0 Å². The van der Waals surface area contributed by atoms with Crippen LogP contribution in [0.25, 0.3) is 0 Å². The third kappa shape index (κ3) is 4.28. The molecule has 0 radical (unpaired) electrons. The number of carboxylic acid groups (broad SMARTS) is 1. The molecule has 0 atom stereocenters. The zero-order chi connectivity index (χ0) is 9.56. The van der Waals surface area contributed by atoms with Crippen molar-refractivity contribution in [2.75, 3.05) is 13.6 Å². The van der Waals surface area contributed by atoms with Crippen molar-refractivity contribution in [3.05, 3.63) is 0 Å². The number of hydrogen-bond donors (Lipinski definition) is 1. The number of rotatable bonds is 4. The molecule has 0 fully saturated rings. The second-order valence-corrected chi connectivity index (χ2v) is 2.29. The average Bonchev–Trinajstić information content (AvgIpc) is 1.98. The molecule has 0 aromatic carbocycles. The SMILES string of the molecule is CN(CCC#N)C(=O)CC(=O)O. The summed E-state index contributed by atoms with van der Waals surface area (Å²) >= 11 is 0. The number of carbonyl (C=O) groups is 2. The molecular formula is C7H10N2O3. The van der Waals surface area contributed by atoms with E-state index in [1.165, 1.54) is 11.9 Å². The summed E-state index contributed by atoms with van der Waals surface area (Å²) < 4.78 is 0. The smallest absolute Gasteiger partial charge is 0.312 e. The highest BCUT2D eigenvalue weighted by atomic mass is 16.4. The van der Waals surface area contributed by atoms with Crippen LogP contribution in [0.4, 0.5) is 0 Å². The Hall–Kier alpha value is -1.57. The average molecular weight is 170 g/mol. The Kier molecular flexibility index (Phi) is 4.46. The lowest BCUT2D eigenvalue weighted by atomic mass is 10.3. The van der Waals surface area contributed by atoms with Crippen LogP contribution in [0.5, 0.6) is 0 Å². The third-order valence-electron chi connectivity index (χ3n) is 1.29. The van der Waals surface area contributed by atoms with Gasteiger partial charge in [-0.05, 0) is 0 Å². The first-order valence-electron chi connectivity index (χ1n) is 3.40. The summed E-state index contributed by atoms with van der Waals surface area (Å²) in [4.78, 5) is 22.2. The van der Waals surface area contributed by atoms with Gasteiger partial charge in [0.25, 0.3) is 0 Å². The van der Waals surface area contributed by atoms with Crippen molar-refractivity contribution in [2.24, 2.45) is 0 Å². The Balaban J connectivity index is 3.78. The van der Waals surface area contributed by atoms with E-state index < -0.39 is 18.3 Å². The molecule has 66 valence electrons. The van der Waals surface area contributed by atoms with E-state index in [0.29, 0.717) is 0 Å². The lowest BCUT2D eigenvalue weighted by Gasteiger charge is -2.13. The molecule has 0 saturated carbocycles. The van der Waals surface area contributed by atoms with Gasteiger partial charge in [0.05, 0.1) is 12.5 Å². The van der Waals surface area contributed by atoms with Crippen LogP contribution in [0, 0.1) is 11.3 Å². The molecule has 0 aliphatic carbocycles. The Morgan fingerprint density at radius 1 is 1.58 bits per heavy atom. The zero-order valence-electron chi connectivity index (χ0n) is 6.78. The summed E-state index contributed by atoms with van der Waals surface area (Å²) in [6.07, 6.45) is -0.288. The molecule has 0 spiro atoms. The molecule has 12 heavy (non-hydrogen) atoms. The highest BCUT2D eigenvalue weighted by molar-refractivity contribution is 5.93. The fraction of sp³-hybridized carbons (Fsp3) is 0.571. The van der Waals surface area contributed by atoms with Crippen LogP contribution in [0.2, 0.25) is 0 Å². The summed E-state index contributed by atoms with van der Waals surface area (Å²) in [6.45, 7) is 0.280. The molecule has 1 amide bonds. The highest BCUT2D eigenvalue weighted by Crippen LogP contribution is 1.92. The third-order valence-corrected chi connectivity index (χ3v) is 1.29. The van der Waals surface area contributed by atoms with Crippen LogP contribution in [-0.2, 0) is 9.59 Å². The predicted molar refractivity (Wildman–Crippen MR) is 40.1 cm³/mol. The van der Waals surface area contributed by atoms with E-state index in [1.54, 1.807) is 0 Å². The van der Waals surface area contributed by atoms with Crippen molar-refractivity contribution in [2.45, 2.75) is 12.8 Å². The minimum absolute atomic E-state index is 0.224. The summed E-state index contributed by atoms with van der Waals surface area (Å²) in [5, 5.41) is 16.4. The first-order valence-corrected chi connectivity index (χ1v) is 3.40. The summed E-state index contributed by atoms with van der Waals surface area (Å²) in [5.41, 5.74) is 0. The number of carboxylic acids is 1. The van der Waals surface area contributed by atoms with Crippen LogP contribution in [0.3, 0.4) is 0 Å². The highest BCUT2D eigenvalue weighted by Gasteiger charge is 2.11. The fourth-order valence-corrected chi connectivity index (χ4v) is 0.607. The quantitative estimate of drug-likeness (QED) is 0.594. The lowest BCUT2D eigenvalue weighted by Crippen LogP contribution is -2.29. The number of amides is 1. The molecule has 1 N–H and O–H groups in total. The Morgan fingerprint density at radius 2 is 2.17 bits per heavy atom. The molecule has 0 aliphatic heterocycles. The van der Waals surface area contributed by atoms with Crippen LogP contribution < -0.4 is 0 Å². The van der Waals surface area contributed by atoms with Gasteiger partial charge in [-0.25, -0.2) is 0 Å². The molecule has 5 heteroatoms. The molecule has 0 bridgehead atoms. The first kappa shape index (κ1) is 10.4. The molecule has 0 saturated heterocycles. The van der Waals surface area contributed by atoms with Gasteiger partial charge in [-0.3, -0.25) is 9.59 Å². The second-order valence-electron chi connectivity index (χ2n) is 2.29. The van der Waals surface area contributed by atoms with E-state index in [0.717, 1.165) is 0 Å². The topological polar surface area (TPSA) is 81.4 Å². The maximum absolute atomic E-state index is 10.9. The first-order chi connectivity index (χ1) is 5.57. The predicted octanol–water partition coefficient (Wildman–Crippen LogP) is -0.167. The van der Waals surface area contributed by atoms with Gasteiger partial charge in [-0.1, -0.05) is 0 Å². The molecule has 0 rings (SSSR count). The van der Waals surface area contributed by atoms with Crippen molar-refractivity contribution in [3.8, 4) is 6.07 Å². The van der Waals surface area contributed by atoms with Gasteiger partial charge in [-0.15, -0.1) is 0 Å². The molecule has 0 aliphatic rings. The zero-order valence-corrected chi connectivity index (χ0v) is 6.78. The van der Waals surface area contributed by atoms with Gasteiger partial charge in [-0.2, -0.15) is 5.26 Å². The maximum atomic E-state index is 10.9. The van der Waals surface area contributed by atoms with Gasteiger partial charge < -0.3 is 10.0 Å². The van der Waals surface area contributed by atoms with Gasteiger partial charge >= 0.3 is 5.97 Å². The fourth-order valence-electron chi connectivity index (χ4n) is 0.607. The summed E-state index contributed by atoms with van der Waals surface area (Å²) in [7, 11) is 1.47. The van der Waals surface area contributed by atoms with Crippen molar-refractivity contribution in [1.82, 2.24) is 4.90 Å². The largest absolute Gasteiger partial charge is 0.481 e. The van der Waals surface area contributed by atoms with Crippen LogP contribution in [0.1, 0.15) is 12.8 Å². The van der Waals surface area contributed by atoms with Gasteiger partial charge in [0, 0.05) is 13.6 Å². The molecule has 0 unspecified atom stereocenters. The minimum Gasteiger partial charge on any atom is -0.481 e. The van der Waals surface area contributed by atoms with Gasteiger partial charge in [0.2, 0.25) is 5.91 Å². The Labute approximate surface area is 70.2 Å². The van der Waals surface area contributed by atoms with E-state index in [4.69, 9.17) is 10.4 Å². The normalized spacial score (nSPS) is 8.67. The second kappa shape index (κ2) is 5.13.